The van der Waals surface area contributed by atoms with Crippen molar-refractivity contribution in [3.63, 3.8) is 0 Å². The smallest absolute Gasteiger partial charge is 0.269 e. The van der Waals surface area contributed by atoms with Crippen LogP contribution in [0.25, 0.3) is 5.82 Å². The van der Waals surface area contributed by atoms with Crippen LogP contribution < -0.4 is 5.32 Å². The molecule has 1 amide bonds. The molecule has 2 aromatic heterocycles. The number of carbonyl (C=O) groups is 1. The van der Waals surface area contributed by atoms with Crippen LogP contribution in [-0.2, 0) is 10.0 Å². The van der Waals surface area contributed by atoms with E-state index < -0.39 is 10.0 Å². The highest BCUT2D eigenvalue weighted by molar-refractivity contribution is 7.88. The van der Waals surface area contributed by atoms with Gasteiger partial charge in [-0.15, -0.1) is 5.10 Å². The van der Waals surface area contributed by atoms with Gasteiger partial charge < -0.3 is 5.32 Å². The number of tetrazole rings is 1. The van der Waals surface area contributed by atoms with Crippen molar-refractivity contribution in [1.82, 2.24) is 40.0 Å². The maximum Gasteiger partial charge on any atom is 0.269 e. The molecule has 2 aromatic rings. The van der Waals surface area contributed by atoms with Gasteiger partial charge in [-0.2, -0.15) is 14.1 Å². The summed E-state index contributed by atoms with van der Waals surface area (Å²) in [6.45, 7) is 0.933. The maximum atomic E-state index is 12.2. The molecule has 1 aliphatic heterocycles. The zero-order valence-electron chi connectivity index (χ0n) is 13.8. The van der Waals surface area contributed by atoms with Crippen molar-refractivity contribution in [2.45, 2.75) is 31.7 Å². The number of aromatic amines is 1. The number of amides is 1. The summed E-state index contributed by atoms with van der Waals surface area (Å²) in [5, 5.41) is 20.1. The molecule has 1 atom stereocenters. The Labute approximate surface area is 144 Å². The predicted octanol–water partition coefficient (Wildman–Crippen LogP) is -0.681. The monoisotopic (exact) mass is 368 g/mol. The standard InChI is InChI=1S/C13H20N8O3S/c1-25(23,24)21-7-3-2-4-10(21)5-6-14-13(22)11-8-12(17-16-11)20-9-15-18-19-20/h8-10H,2-7H2,1H3,(H,14,22)(H,16,17). The number of rotatable bonds is 6. The zero-order valence-corrected chi connectivity index (χ0v) is 14.6. The molecule has 0 aliphatic carbocycles. The van der Waals surface area contributed by atoms with Crippen LogP contribution in [-0.4, -0.2) is 74.4 Å². The molecule has 1 fully saturated rings. The van der Waals surface area contributed by atoms with Gasteiger partial charge in [0.05, 0.1) is 6.26 Å². The molecule has 0 bridgehead atoms. The third-order valence-electron chi connectivity index (χ3n) is 4.15. The molecule has 11 nitrogen and oxygen atoms in total. The van der Waals surface area contributed by atoms with Gasteiger partial charge >= 0.3 is 0 Å². The van der Waals surface area contributed by atoms with Crippen molar-refractivity contribution in [3.8, 4) is 5.82 Å². The largest absolute Gasteiger partial charge is 0.351 e. The van der Waals surface area contributed by atoms with E-state index >= 15 is 0 Å². The number of sulfonamides is 1. The third-order valence-corrected chi connectivity index (χ3v) is 5.49. The minimum atomic E-state index is -3.22. The molecule has 0 saturated carbocycles. The second-order valence-corrected chi connectivity index (χ2v) is 7.90. The molecule has 0 radical (unpaired) electrons. The summed E-state index contributed by atoms with van der Waals surface area (Å²) >= 11 is 0. The van der Waals surface area contributed by atoms with Gasteiger partial charge in [-0.05, 0) is 29.7 Å². The van der Waals surface area contributed by atoms with E-state index in [2.05, 4.69) is 31.0 Å². The normalized spacial score (nSPS) is 19.0. The second kappa shape index (κ2) is 7.27. The van der Waals surface area contributed by atoms with Gasteiger partial charge in [-0.1, -0.05) is 6.42 Å². The predicted molar refractivity (Wildman–Crippen MR) is 87.4 cm³/mol. The SMILES string of the molecule is CS(=O)(=O)N1CCCCC1CCNC(=O)c1cc(-n2cnnn2)n[nH]1. The van der Waals surface area contributed by atoms with E-state index in [9.17, 15) is 13.2 Å². The Kier molecular flexibility index (Phi) is 5.08. The molecule has 2 N–H and O–H groups in total. The lowest BCUT2D eigenvalue weighted by molar-refractivity contribution is 0.0944. The highest BCUT2D eigenvalue weighted by atomic mass is 32.2. The summed E-state index contributed by atoms with van der Waals surface area (Å²) < 4.78 is 26.5. The molecule has 1 aliphatic rings. The molecule has 0 spiro atoms. The van der Waals surface area contributed by atoms with Gasteiger partial charge in [0, 0.05) is 25.2 Å². The molecule has 1 unspecified atom stereocenters. The summed E-state index contributed by atoms with van der Waals surface area (Å²) in [4.78, 5) is 12.2. The zero-order chi connectivity index (χ0) is 17.9. The molecule has 3 heterocycles. The summed E-state index contributed by atoms with van der Waals surface area (Å²) in [6, 6.07) is 1.47. The van der Waals surface area contributed by atoms with Crippen molar-refractivity contribution in [2.24, 2.45) is 0 Å². The highest BCUT2D eigenvalue weighted by Gasteiger charge is 2.28. The van der Waals surface area contributed by atoms with Crippen LogP contribution in [0.3, 0.4) is 0 Å². The first-order valence-corrected chi connectivity index (χ1v) is 9.84. The lowest BCUT2D eigenvalue weighted by atomic mass is 10.0. The molecule has 3 rings (SSSR count). The van der Waals surface area contributed by atoms with Crippen molar-refractivity contribution in [1.29, 1.82) is 0 Å². The van der Waals surface area contributed by atoms with Crippen LogP contribution in [0.15, 0.2) is 12.4 Å². The van der Waals surface area contributed by atoms with Gasteiger partial charge in [0.2, 0.25) is 10.0 Å². The number of nitrogens with zero attached hydrogens (tertiary/aromatic N) is 6. The quantitative estimate of drug-likeness (QED) is 0.688. The molecular formula is C13H20N8O3S. The van der Waals surface area contributed by atoms with E-state index in [4.69, 9.17) is 0 Å². The first kappa shape index (κ1) is 17.5. The minimum Gasteiger partial charge on any atom is -0.351 e. The summed E-state index contributed by atoms with van der Waals surface area (Å²) in [5.74, 6) is 0.0965. The van der Waals surface area contributed by atoms with Gasteiger partial charge in [0.1, 0.15) is 12.0 Å². The first-order chi connectivity index (χ1) is 11.9. The van der Waals surface area contributed by atoms with E-state index in [1.165, 1.54) is 27.6 Å². The Hall–Kier alpha value is -2.34. The fourth-order valence-electron chi connectivity index (χ4n) is 2.96. The number of carbonyl (C=O) groups excluding carboxylic acids is 1. The van der Waals surface area contributed by atoms with Crippen molar-refractivity contribution in [2.75, 3.05) is 19.3 Å². The van der Waals surface area contributed by atoms with Crippen molar-refractivity contribution in [3.05, 3.63) is 18.1 Å². The number of piperidine rings is 1. The molecule has 136 valence electrons. The van der Waals surface area contributed by atoms with E-state index in [0.717, 1.165) is 19.3 Å². The van der Waals surface area contributed by atoms with Crippen LogP contribution in [0.5, 0.6) is 0 Å². The Bertz CT molecular complexity index is 816. The van der Waals surface area contributed by atoms with Crippen LogP contribution in [0.1, 0.15) is 36.2 Å². The minimum absolute atomic E-state index is 0.0670. The fraction of sp³-hybridized carbons (Fsp3) is 0.615. The van der Waals surface area contributed by atoms with Gasteiger partial charge in [-0.25, -0.2) is 8.42 Å². The van der Waals surface area contributed by atoms with Crippen LogP contribution in [0, 0.1) is 0 Å². The number of nitrogens with one attached hydrogen (secondary N) is 2. The van der Waals surface area contributed by atoms with Gasteiger partial charge in [-0.3, -0.25) is 9.89 Å². The Balaban J connectivity index is 1.54. The fourth-order valence-corrected chi connectivity index (χ4v) is 4.17. The van der Waals surface area contributed by atoms with E-state index in [0.29, 0.717) is 25.3 Å². The maximum absolute atomic E-state index is 12.2. The molecule has 12 heteroatoms. The second-order valence-electron chi connectivity index (χ2n) is 5.96. The lowest BCUT2D eigenvalue weighted by Crippen LogP contribution is -2.44. The van der Waals surface area contributed by atoms with Crippen molar-refractivity contribution < 1.29 is 13.2 Å². The van der Waals surface area contributed by atoms with Crippen LogP contribution in [0.2, 0.25) is 0 Å². The molecule has 0 aromatic carbocycles. The lowest BCUT2D eigenvalue weighted by Gasteiger charge is -2.33. The molecule has 25 heavy (non-hydrogen) atoms. The number of hydrogen-bond donors (Lipinski definition) is 2. The number of hydrogen-bond acceptors (Lipinski definition) is 7. The van der Waals surface area contributed by atoms with E-state index in [1.54, 1.807) is 0 Å². The van der Waals surface area contributed by atoms with Gasteiger partial charge in [0.25, 0.3) is 5.91 Å². The number of aromatic nitrogens is 6. The van der Waals surface area contributed by atoms with Gasteiger partial charge in [0.15, 0.2) is 5.82 Å². The molecular weight excluding hydrogens is 348 g/mol. The van der Waals surface area contributed by atoms with Crippen LogP contribution in [0.4, 0.5) is 0 Å². The summed E-state index contributed by atoms with van der Waals surface area (Å²) in [7, 11) is -3.22. The first-order valence-electron chi connectivity index (χ1n) is 7.99. The van der Waals surface area contributed by atoms with E-state index in [1.807, 2.05) is 0 Å². The van der Waals surface area contributed by atoms with Crippen LogP contribution >= 0.6 is 0 Å². The average molecular weight is 368 g/mol. The summed E-state index contributed by atoms with van der Waals surface area (Å²) in [5.41, 5.74) is 0.286. The Morgan fingerprint density at radius 3 is 3.00 bits per heavy atom. The number of H-pyrrole nitrogens is 1. The third kappa shape index (κ3) is 4.20. The highest BCUT2D eigenvalue weighted by Crippen LogP contribution is 2.21. The average Bonchev–Trinajstić information content (AvgIpc) is 3.25. The van der Waals surface area contributed by atoms with Crippen molar-refractivity contribution >= 4 is 15.9 Å². The van der Waals surface area contributed by atoms with E-state index in [-0.39, 0.29) is 17.6 Å². The Morgan fingerprint density at radius 2 is 2.28 bits per heavy atom. The Morgan fingerprint density at radius 1 is 1.44 bits per heavy atom. The topological polar surface area (TPSA) is 139 Å². The summed E-state index contributed by atoms with van der Waals surface area (Å²) in [6.07, 6.45) is 5.88. The molecule has 1 saturated heterocycles.